The first-order valence-electron chi connectivity index (χ1n) is 8.26. The van der Waals surface area contributed by atoms with E-state index in [0.717, 1.165) is 12.0 Å². The molecular weight excluding hydrogens is 368 g/mol. The van der Waals surface area contributed by atoms with E-state index >= 15 is 0 Å². The number of non-ortho nitro benzene ring substituents is 1. The standard InChI is InChI=1S/C19H16N2O3S2/c22-18(12-13-3-5-14(6-4-13)21(23)24)20-9-7-16-15(8-11-26-16)19(20)17-2-1-10-25-17/h1-6,8,10-11,19H,7,9,12H2/t19-/m1/s1. The number of rotatable bonds is 4. The number of amides is 1. The first kappa shape index (κ1) is 16.9. The Hall–Kier alpha value is -2.51. The number of nitrogens with zero attached hydrogens (tertiary/aromatic N) is 2. The third-order valence-corrected chi connectivity index (χ3v) is 6.52. The van der Waals surface area contributed by atoms with Crippen molar-refractivity contribution in [3.8, 4) is 0 Å². The molecule has 5 nitrogen and oxygen atoms in total. The van der Waals surface area contributed by atoms with Crippen molar-refractivity contribution in [3.05, 3.63) is 84.2 Å². The van der Waals surface area contributed by atoms with Crippen LogP contribution in [0, 0.1) is 10.1 Å². The van der Waals surface area contributed by atoms with Crippen molar-refractivity contribution in [1.82, 2.24) is 4.90 Å². The Balaban J connectivity index is 1.59. The normalized spacial score (nSPS) is 16.3. The van der Waals surface area contributed by atoms with Gasteiger partial charge in [-0.15, -0.1) is 22.7 Å². The number of hydrogen-bond donors (Lipinski definition) is 0. The van der Waals surface area contributed by atoms with Gasteiger partial charge >= 0.3 is 0 Å². The molecule has 0 saturated heterocycles. The lowest BCUT2D eigenvalue weighted by molar-refractivity contribution is -0.384. The molecule has 26 heavy (non-hydrogen) atoms. The number of benzene rings is 1. The summed E-state index contributed by atoms with van der Waals surface area (Å²) in [6, 6.07) is 12.4. The molecule has 1 aliphatic heterocycles. The summed E-state index contributed by atoms with van der Waals surface area (Å²) >= 11 is 3.42. The maximum atomic E-state index is 13.0. The third kappa shape index (κ3) is 3.15. The van der Waals surface area contributed by atoms with Crippen LogP contribution in [-0.2, 0) is 17.6 Å². The van der Waals surface area contributed by atoms with E-state index in [0.29, 0.717) is 6.54 Å². The molecular formula is C19H16N2O3S2. The molecule has 0 N–H and O–H groups in total. The second-order valence-electron chi connectivity index (χ2n) is 6.15. The van der Waals surface area contributed by atoms with E-state index in [1.807, 2.05) is 16.3 Å². The van der Waals surface area contributed by atoms with Crippen LogP contribution in [-0.4, -0.2) is 22.3 Å². The van der Waals surface area contributed by atoms with Gasteiger partial charge in [0.1, 0.15) is 0 Å². The summed E-state index contributed by atoms with van der Waals surface area (Å²) in [4.78, 5) is 27.8. The van der Waals surface area contributed by atoms with E-state index in [1.54, 1.807) is 34.8 Å². The van der Waals surface area contributed by atoms with Gasteiger partial charge in [0, 0.05) is 28.4 Å². The van der Waals surface area contributed by atoms with Gasteiger partial charge in [-0.3, -0.25) is 14.9 Å². The Labute approximate surface area is 158 Å². The highest BCUT2D eigenvalue weighted by molar-refractivity contribution is 7.10. The molecule has 3 aromatic rings. The summed E-state index contributed by atoms with van der Waals surface area (Å²) in [6.07, 6.45) is 1.13. The van der Waals surface area contributed by atoms with Crippen LogP contribution in [0.1, 0.15) is 26.9 Å². The van der Waals surface area contributed by atoms with Gasteiger partial charge in [0.15, 0.2) is 0 Å². The van der Waals surface area contributed by atoms with E-state index in [1.165, 1.54) is 27.5 Å². The average molecular weight is 384 g/mol. The molecule has 0 spiro atoms. The smallest absolute Gasteiger partial charge is 0.269 e. The van der Waals surface area contributed by atoms with E-state index in [9.17, 15) is 14.9 Å². The van der Waals surface area contributed by atoms with Crippen molar-refractivity contribution < 1.29 is 9.72 Å². The van der Waals surface area contributed by atoms with E-state index in [-0.39, 0.29) is 24.1 Å². The maximum Gasteiger partial charge on any atom is 0.269 e. The molecule has 0 aliphatic carbocycles. The van der Waals surface area contributed by atoms with Crippen LogP contribution in [0.25, 0.3) is 0 Å². The minimum absolute atomic E-state index is 0.0319. The third-order valence-electron chi connectivity index (χ3n) is 4.60. The summed E-state index contributed by atoms with van der Waals surface area (Å²) in [5.74, 6) is 0.0501. The lowest BCUT2D eigenvalue weighted by atomic mass is 9.97. The molecule has 0 bridgehead atoms. The second kappa shape index (κ2) is 7.01. The van der Waals surface area contributed by atoms with E-state index in [4.69, 9.17) is 0 Å². The van der Waals surface area contributed by atoms with E-state index in [2.05, 4.69) is 17.5 Å². The molecule has 7 heteroatoms. The monoisotopic (exact) mass is 384 g/mol. The van der Waals surface area contributed by atoms with Gasteiger partial charge < -0.3 is 4.90 Å². The van der Waals surface area contributed by atoms with Gasteiger partial charge in [-0.25, -0.2) is 0 Å². The maximum absolute atomic E-state index is 13.0. The molecule has 2 aromatic heterocycles. The SMILES string of the molecule is O=C(Cc1ccc([N+](=O)[O-])cc1)N1CCc2sccc2[C@@H]1c1cccs1. The lowest BCUT2D eigenvalue weighted by Gasteiger charge is -2.35. The molecule has 132 valence electrons. The van der Waals surface area contributed by atoms with Crippen LogP contribution >= 0.6 is 22.7 Å². The molecule has 0 fully saturated rings. The van der Waals surface area contributed by atoms with Crippen molar-refractivity contribution in [2.45, 2.75) is 18.9 Å². The lowest BCUT2D eigenvalue weighted by Crippen LogP contribution is -2.40. The number of nitro benzene ring substituents is 1. The quantitative estimate of drug-likeness (QED) is 0.494. The van der Waals surface area contributed by atoms with Gasteiger partial charge in [0.2, 0.25) is 5.91 Å². The number of carbonyl (C=O) groups excluding carboxylic acids is 1. The molecule has 1 atom stereocenters. The Morgan fingerprint density at radius 1 is 1.15 bits per heavy atom. The zero-order chi connectivity index (χ0) is 18.1. The molecule has 1 aliphatic rings. The van der Waals surface area contributed by atoms with E-state index < -0.39 is 4.92 Å². The van der Waals surface area contributed by atoms with Crippen LogP contribution in [0.4, 0.5) is 5.69 Å². The number of hydrogen-bond acceptors (Lipinski definition) is 5. The van der Waals surface area contributed by atoms with Crippen LogP contribution < -0.4 is 0 Å². The summed E-state index contributed by atoms with van der Waals surface area (Å²) in [5, 5.41) is 14.9. The first-order chi connectivity index (χ1) is 12.6. The molecule has 1 aromatic carbocycles. The molecule has 3 heterocycles. The molecule has 0 saturated carbocycles. The van der Waals surface area contributed by atoms with Crippen LogP contribution in [0.15, 0.2) is 53.2 Å². The minimum atomic E-state index is -0.429. The largest absolute Gasteiger partial charge is 0.330 e. The van der Waals surface area contributed by atoms with Crippen molar-refractivity contribution in [3.63, 3.8) is 0 Å². The Morgan fingerprint density at radius 2 is 1.96 bits per heavy atom. The Kier molecular flexibility index (Phi) is 4.57. The number of carbonyl (C=O) groups is 1. The van der Waals surface area contributed by atoms with Gasteiger partial charge in [0.25, 0.3) is 5.69 Å². The molecule has 0 unspecified atom stereocenters. The highest BCUT2D eigenvalue weighted by Gasteiger charge is 2.33. The Morgan fingerprint density at radius 3 is 2.65 bits per heavy atom. The highest BCUT2D eigenvalue weighted by atomic mass is 32.1. The number of thiophene rings is 2. The predicted octanol–water partition coefficient (Wildman–Crippen LogP) is 4.43. The molecule has 4 rings (SSSR count). The minimum Gasteiger partial charge on any atom is -0.330 e. The zero-order valence-electron chi connectivity index (χ0n) is 13.8. The fourth-order valence-electron chi connectivity index (χ4n) is 3.35. The predicted molar refractivity (Wildman–Crippen MR) is 103 cm³/mol. The second-order valence-corrected chi connectivity index (χ2v) is 8.13. The van der Waals surface area contributed by atoms with Crippen molar-refractivity contribution >= 4 is 34.3 Å². The van der Waals surface area contributed by atoms with Crippen LogP contribution in [0.2, 0.25) is 0 Å². The zero-order valence-corrected chi connectivity index (χ0v) is 15.5. The fraction of sp³-hybridized carbons (Fsp3) is 0.211. The topological polar surface area (TPSA) is 63.4 Å². The van der Waals surface area contributed by atoms with Gasteiger partial charge in [-0.2, -0.15) is 0 Å². The van der Waals surface area contributed by atoms with Crippen molar-refractivity contribution in [1.29, 1.82) is 0 Å². The summed E-state index contributed by atoms with van der Waals surface area (Å²) in [7, 11) is 0. The van der Waals surface area contributed by atoms with Crippen LogP contribution in [0.5, 0.6) is 0 Å². The van der Waals surface area contributed by atoms with Crippen molar-refractivity contribution in [2.75, 3.05) is 6.54 Å². The number of nitro groups is 1. The van der Waals surface area contributed by atoms with Crippen molar-refractivity contribution in [2.24, 2.45) is 0 Å². The highest BCUT2D eigenvalue weighted by Crippen LogP contribution is 2.39. The summed E-state index contributed by atoms with van der Waals surface area (Å²) in [5.41, 5.74) is 2.06. The van der Waals surface area contributed by atoms with Gasteiger partial charge in [0.05, 0.1) is 17.4 Å². The number of fused-ring (bicyclic) bond motifs is 1. The Bertz CT molecular complexity index is 932. The fourth-order valence-corrected chi connectivity index (χ4v) is 5.11. The summed E-state index contributed by atoms with van der Waals surface area (Å²) < 4.78 is 0. The summed E-state index contributed by atoms with van der Waals surface area (Å²) in [6.45, 7) is 0.696. The molecule has 0 radical (unpaired) electrons. The van der Waals surface area contributed by atoms with Crippen LogP contribution in [0.3, 0.4) is 0 Å². The van der Waals surface area contributed by atoms with Gasteiger partial charge in [-0.1, -0.05) is 18.2 Å². The first-order valence-corrected chi connectivity index (χ1v) is 10.0. The average Bonchev–Trinajstić information content (AvgIpc) is 3.32. The van der Waals surface area contributed by atoms with Gasteiger partial charge in [-0.05, 0) is 40.4 Å². The molecule has 1 amide bonds.